The van der Waals surface area contributed by atoms with Crippen LogP contribution < -0.4 is 0 Å². The highest BCUT2D eigenvalue weighted by Crippen LogP contribution is 2.08. The van der Waals surface area contributed by atoms with Crippen molar-refractivity contribution in [2.75, 3.05) is 6.61 Å². The van der Waals surface area contributed by atoms with Crippen molar-refractivity contribution in [3.8, 4) is 0 Å². The molecular weight excluding hydrogens is 250 g/mol. The molecule has 1 aromatic heterocycles. The normalized spacial score (nSPS) is 9.61. The van der Waals surface area contributed by atoms with Crippen LogP contribution in [0.2, 0.25) is 0 Å². The number of rotatable bonds is 8. The monoisotopic (exact) mass is 271 g/mol. The van der Waals surface area contributed by atoms with Gasteiger partial charge in [-0.15, -0.1) is 12.4 Å². The third kappa shape index (κ3) is 8.07. The molecule has 0 atom stereocenters. The topological polar surface area (TPSA) is 39.2 Å². The summed E-state index contributed by atoms with van der Waals surface area (Å²) in [5, 5.41) is 0. The predicted octanol–water partition coefficient (Wildman–Crippen LogP) is 3.56. The van der Waals surface area contributed by atoms with Gasteiger partial charge >= 0.3 is 5.97 Å². The fraction of sp³-hybridized carbons (Fsp3) is 0.571. The Balaban J connectivity index is 0.00000289. The molecule has 0 aromatic carbocycles. The number of aromatic nitrogens is 1. The Labute approximate surface area is 115 Å². The molecular formula is C14H22ClNO2. The number of halogens is 1. The Kier molecular flexibility index (Phi) is 10.4. The molecule has 1 heterocycles. The van der Waals surface area contributed by atoms with Crippen LogP contribution in [0.1, 0.15) is 44.6 Å². The maximum absolute atomic E-state index is 11.1. The standard InChI is InChI=1S/C14H21NO2.ClH/c1-2-17-14(16)8-6-4-3-5-7-13-9-11-15-12-10-13;/h9-12H,2-8H2,1H3;1H. The molecule has 0 spiro atoms. The Morgan fingerprint density at radius 3 is 2.50 bits per heavy atom. The van der Waals surface area contributed by atoms with Gasteiger partial charge in [-0.3, -0.25) is 9.78 Å². The average molecular weight is 272 g/mol. The number of ether oxygens (including phenoxy) is 1. The SMILES string of the molecule is CCOC(=O)CCCCCCc1ccncc1.Cl. The Morgan fingerprint density at radius 2 is 1.83 bits per heavy atom. The van der Waals surface area contributed by atoms with Crippen LogP contribution in [0.25, 0.3) is 0 Å². The molecule has 4 heteroatoms. The minimum absolute atomic E-state index is 0. The van der Waals surface area contributed by atoms with Crippen molar-refractivity contribution in [2.24, 2.45) is 0 Å². The number of pyridine rings is 1. The summed E-state index contributed by atoms with van der Waals surface area (Å²) in [4.78, 5) is 15.1. The first-order chi connectivity index (χ1) is 8.33. The zero-order valence-corrected chi connectivity index (χ0v) is 11.7. The quantitative estimate of drug-likeness (QED) is 0.536. The number of esters is 1. The van der Waals surface area contributed by atoms with E-state index in [4.69, 9.17) is 4.74 Å². The summed E-state index contributed by atoms with van der Waals surface area (Å²) in [6.07, 6.45) is 9.70. The van der Waals surface area contributed by atoms with Gasteiger partial charge in [-0.25, -0.2) is 0 Å². The van der Waals surface area contributed by atoms with E-state index < -0.39 is 0 Å². The highest BCUT2D eigenvalue weighted by atomic mass is 35.5. The highest BCUT2D eigenvalue weighted by molar-refractivity contribution is 5.85. The molecule has 0 amide bonds. The van der Waals surface area contributed by atoms with Crippen LogP contribution in [-0.2, 0) is 16.0 Å². The van der Waals surface area contributed by atoms with Crippen LogP contribution in [0, 0.1) is 0 Å². The number of aryl methyl sites for hydroxylation is 1. The summed E-state index contributed by atoms with van der Waals surface area (Å²) in [5.74, 6) is -0.0679. The molecule has 0 saturated carbocycles. The molecule has 0 fully saturated rings. The van der Waals surface area contributed by atoms with Crippen LogP contribution in [0.15, 0.2) is 24.5 Å². The lowest BCUT2D eigenvalue weighted by Gasteiger charge is -2.02. The number of unbranched alkanes of at least 4 members (excludes halogenated alkanes) is 3. The fourth-order valence-corrected chi connectivity index (χ4v) is 1.73. The van der Waals surface area contributed by atoms with Crippen molar-refractivity contribution in [2.45, 2.75) is 45.4 Å². The van der Waals surface area contributed by atoms with Crippen molar-refractivity contribution >= 4 is 18.4 Å². The Bertz CT molecular complexity index is 317. The summed E-state index contributed by atoms with van der Waals surface area (Å²) in [7, 11) is 0. The third-order valence-electron chi connectivity index (χ3n) is 2.65. The number of carbonyl (C=O) groups is 1. The molecule has 0 radical (unpaired) electrons. The van der Waals surface area contributed by atoms with Gasteiger partial charge in [0.1, 0.15) is 0 Å². The number of carbonyl (C=O) groups excluding carboxylic acids is 1. The first kappa shape index (κ1) is 16.9. The van der Waals surface area contributed by atoms with Crippen LogP contribution >= 0.6 is 12.4 Å². The Hall–Kier alpha value is -1.09. The summed E-state index contributed by atoms with van der Waals surface area (Å²) in [6.45, 7) is 2.33. The van der Waals surface area contributed by atoms with Gasteiger partial charge in [0.25, 0.3) is 0 Å². The number of nitrogens with zero attached hydrogens (tertiary/aromatic N) is 1. The molecule has 0 bridgehead atoms. The van der Waals surface area contributed by atoms with Gasteiger partial charge in [-0.2, -0.15) is 0 Å². The largest absolute Gasteiger partial charge is 0.466 e. The molecule has 0 aliphatic carbocycles. The third-order valence-corrected chi connectivity index (χ3v) is 2.65. The molecule has 0 unspecified atom stereocenters. The van der Waals surface area contributed by atoms with Crippen molar-refractivity contribution in [1.82, 2.24) is 4.98 Å². The second kappa shape index (κ2) is 11.0. The van der Waals surface area contributed by atoms with Crippen molar-refractivity contribution in [1.29, 1.82) is 0 Å². The van der Waals surface area contributed by atoms with E-state index in [1.54, 1.807) is 0 Å². The van der Waals surface area contributed by atoms with E-state index in [-0.39, 0.29) is 18.4 Å². The van der Waals surface area contributed by atoms with Gasteiger partial charge in [0.2, 0.25) is 0 Å². The molecule has 18 heavy (non-hydrogen) atoms. The van der Waals surface area contributed by atoms with Gasteiger partial charge in [0.15, 0.2) is 0 Å². The minimum Gasteiger partial charge on any atom is -0.466 e. The van der Waals surface area contributed by atoms with Crippen LogP contribution in [0.3, 0.4) is 0 Å². The zero-order chi connectivity index (χ0) is 12.3. The lowest BCUT2D eigenvalue weighted by atomic mass is 10.1. The first-order valence-corrected chi connectivity index (χ1v) is 6.37. The van der Waals surface area contributed by atoms with E-state index in [0.717, 1.165) is 19.3 Å². The van der Waals surface area contributed by atoms with Gasteiger partial charge in [-0.1, -0.05) is 12.8 Å². The molecule has 0 aliphatic heterocycles. The van der Waals surface area contributed by atoms with Crippen LogP contribution in [0.4, 0.5) is 0 Å². The first-order valence-electron chi connectivity index (χ1n) is 6.37. The maximum Gasteiger partial charge on any atom is 0.305 e. The van der Waals surface area contributed by atoms with Crippen molar-refractivity contribution in [3.05, 3.63) is 30.1 Å². The van der Waals surface area contributed by atoms with Gasteiger partial charge in [0.05, 0.1) is 6.61 Å². The summed E-state index contributed by atoms with van der Waals surface area (Å²) >= 11 is 0. The van der Waals surface area contributed by atoms with E-state index >= 15 is 0 Å². The Morgan fingerprint density at radius 1 is 1.17 bits per heavy atom. The molecule has 0 N–H and O–H groups in total. The minimum atomic E-state index is -0.0679. The molecule has 1 aromatic rings. The van der Waals surface area contributed by atoms with Crippen molar-refractivity contribution < 1.29 is 9.53 Å². The van der Waals surface area contributed by atoms with Crippen molar-refractivity contribution in [3.63, 3.8) is 0 Å². The molecule has 3 nitrogen and oxygen atoms in total. The summed E-state index contributed by atoms with van der Waals surface area (Å²) in [5.41, 5.74) is 1.34. The van der Waals surface area contributed by atoms with Crippen LogP contribution in [0.5, 0.6) is 0 Å². The van der Waals surface area contributed by atoms with Gasteiger partial charge in [0, 0.05) is 18.8 Å². The maximum atomic E-state index is 11.1. The molecule has 0 aliphatic rings. The molecule has 0 saturated heterocycles. The lowest BCUT2D eigenvalue weighted by molar-refractivity contribution is -0.143. The van der Waals surface area contributed by atoms with E-state index in [0.29, 0.717) is 13.0 Å². The molecule has 102 valence electrons. The van der Waals surface area contributed by atoms with E-state index in [1.165, 1.54) is 18.4 Å². The summed E-state index contributed by atoms with van der Waals surface area (Å²) in [6, 6.07) is 4.11. The second-order valence-electron chi connectivity index (χ2n) is 4.07. The van der Waals surface area contributed by atoms with Gasteiger partial charge in [-0.05, 0) is 43.9 Å². The second-order valence-corrected chi connectivity index (χ2v) is 4.07. The number of hydrogen-bond acceptors (Lipinski definition) is 3. The van der Waals surface area contributed by atoms with E-state index in [9.17, 15) is 4.79 Å². The van der Waals surface area contributed by atoms with Gasteiger partial charge < -0.3 is 4.74 Å². The predicted molar refractivity (Wildman–Crippen MR) is 74.9 cm³/mol. The van der Waals surface area contributed by atoms with E-state index in [1.807, 2.05) is 19.3 Å². The smallest absolute Gasteiger partial charge is 0.305 e. The highest BCUT2D eigenvalue weighted by Gasteiger charge is 2.00. The lowest BCUT2D eigenvalue weighted by Crippen LogP contribution is -2.03. The van der Waals surface area contributed by atoms with E-state index in [2.05, 4.69) is 17.1 Å². The zero-order valence-electron chi connectivity index (χ0n) is 10.9. The number of hydrogen-bond donors (Lipinski definition) is 0. The fourth-order valence-electron chi connectivity index (χ4n) is 1.73. The molecule has 1 rings (SSSR count). The average Bonchev–Trinajstić information content (AvgIpc) is 2.35. The van der Waals surface area contributed by atoms with Crippen LogP contribution in [-0.4, -0.2) is 17.6 Å². The summed E-state index contributed by atoms with van der Waals surface area (Å²) < 4.78 is 4.87.